The average molecular weight is 594 g/mol. The maximum Gasteiger partial charge on any atom is 0.414 e. The number of aromatic nitrogens is 2. The molecule has 43 heavy (non-hydrogen) atoms. The highest BCUT2D eigenvalue weighted by atomic mass is 16.6. The van der Waals surface area contributed by atoms with Crippen molar-refractivity contribution in [1.82, 2.24) is 14.9 Å². The molecule has 0 amide bonds. The fourth-order valence-electron chi connectivity index (χ4n) is 4.87. The van der Waals surface area contributed by atoms with Gasteiger partial charge in [-0.25, -0.2) is 24.2 Å². The summed E-state index contributed by atoms with van der Waals surface area (Å²) in [5, 5.41) is 18.2. The maximum absolute atomic E-state index is 13.1. The van der Waals surface area contributed by atoms with Crippen molar-refractivity contribution in [1.29, 1.82) is 0 Å². The Kier molecular flexibility index (Phi) is 10.5. The molecule has 1 aliphatic heterocycles. The molecule has 1 unspecified atom stereocenters. The molecular formula is C32H39N3O8. The summed E-state index contributed by atoms with van der Waals surface area (Å²) in [6.45, 7) is 12.4. The number of fused-ring (bicyclic) bond motifs is 1. The number of carbonyl (C=O) groups excluding carboxylic acids is 2. The van der Waals surface area contributed by atoms with E-state index in [9.17, 15) is 9.59 Å². The van der Waals surface area contributed by atoms with Gasteiger partial charge in [0.15, 0.2) is 5.54 Å². The Morgan fingerprint density at radius 1 is 1.00 bits per heavy atom. The highest BCUT2D eigenvalue weighted by molar-refractivity contribution is 6.27. The molecule has 230 valence electrons. The average Bonchev–Trinajstić information content (AvgIpc) is 3.32. The molecule has 11 nitrogen and oxygen atoms in total. The molecular weight excluding hydrogens is 554 g/mol. The van der Waals surface area contributed by atoms with Crippen molar-refractivity contribution in [2.45, 2.75) is 71.9 Å². The van der Waals surface area contributed by atoms with Crippen LogP contribution < -0.4 is 5.32 Å². The fraction of sp³-hybridized carbons (Fsp3) is 0.406. The molecule has 11 heteroatoms. The number of esters is 2. The highest BCUT2D eigenvalue weighted by Crippen LogP contribution is 2.35. The first kappa shape index (κ1) is 33.0. The number of aryl methyl sites for hydroxylation is 1. The quantitative estimate of drug-likeness (QED) is 0.263. The predicted molar refractivity (Wildman–Crippen MR) is 159 cm³/mol. The summed E-state index contributed by atoms with van der Waals surface area (Å²) < 4.78 is 13.2. The lowest BCUT2D eigenvalue weighted by Crippen LogP contribution is -2.52. The molecule has 0 aliphatic carbocycles. The van der Waals surface area contributed by atoms with Gasteiger partial charge in [0, 0.05) is 25.1 Å². The third kappa shape index (κ3) is 7.66. The molecule has 0 fully saturated rings. The van der Waals surface area contributed by atoms with Gasteiger partial charge in [-0.1, -0.05) is 37.3 Å². The molecule has 2 heterocycles. The molecule has 0 radical (unpaired) electrons. The van der Waals surface area contributed by atoms with E-state index in [4.69, 9.17) is 34.3 Å². The van der Waals surface area contributed by atoms with Crippen LogP contribution in [0.3, 0.4) is 0 Å². The molecule has 3 N–H and O–H groups in total. The van der Waals surface area contributed by atoms with Crippen LogP contribution in [0.1, 0.15) is 75.5 Å². The Labute approximate surface area is 250 Å². The molecule has 4 rings (SSSR count). The van der Waals surface area contributed by atoms with Crippen LogP contribution in [-0.2, 0) is 42.2 Å². The lowest BCUT2D eigenvalue weighted by atomic mass is 9.90. The van der Waals surface area contributed by atoms with Crippen LogP contribution in [0.5, 0.6) is 0 Å². The molecule has 1 aliphatic rings. The van der Waals surface area contributed by atoms with E-state index in [0.29, 0.717) is 18.7 Å². The first-order chi connectivity index (χ1) is 20.2. The Hall–Kier alpha value is -4.51. The van der Waals surface area contributed by atoms with Crippen LogP contribution in [0.15, 0.2) is 48.5 Å². The third-order valence-electron chi connectivity index (χ3n) is 6.66. The molecule has 0 bridgehead atoms. The number of carboxylic acids is 2. The van der Waals surface area contributed by atoms with E-state index in [1.807, 2.05) is 77.1 Å². The van der Waals surface area contributed by atoms with E-state index in [0.717, 1.165) is 53.3 Å². The first-order valence-electron chi connectivity index (χ1n) is 14.2. The van der Waals surface area contributed by atoms with Crippen LogP contribution in [-0.4, -0.2) is 62.4 Å². The summed E-state index contributed by atoms with van der Waals surface area (Å²) in [5.41, 5.74) is 3.34. The normalized spacial score (nSPS) is 15.9. The topological polar surface area (TPSA) is 157 Å². The smallest absolute Gasteiger partial charge is 0.414 e. The molecule has 0 spiro atoms. The number of ether oxygens (including phenoxy) is 2. The van der Waals surface area contributed by atoms with E-state index < -0.39 is 23.1 Å². The van der Waals surface area contributed by atoms with Crippen molar-refractivity contribution in [3.63, 3.8) is 0 Å². The third-order valence-corrected chi connectivity index (χ3v) is 6.66. The van der Waals surface area contributed by atoms with Crippen molar-refractivity contribution in [3.05, 3.63) is 71.3 Å². The number of imidazole rings is 1. The van der Waals surface area contributed by atoms with Gasteiger partial charge in [0.1, 0.15) is 11.4 Å². The zero-order valence-corrected chi connectivity index (χ0v) is 25.4. The summed E-state index contributed by atoms with van der Waals surface area (Å²) in [5.74, 6) is -3.38. The predicted octanol–water partition coefficient (Wildman–Crippen LogP) is 4.53. The maximum atomic E-state index is 13.1. The number of rotatable bonds is 7. The van der Waals surface area contributed by atoms with Crippen LogP contribution in [0.4, 0.5) is 0 Å². The van der Waals surface area contributed by atoms with Gasteiger partial charge < -0.3 is 19.7 Å². The lowest BCUT2D eigenvalue weighted by molar-refractivity contribution is -0.159. The number of aliphatic carboxylic acids is 2. The molecule has 3 aromatic rings. The minimum Gasteiger partial charge on any atom is -0.473 e. The van der Waals surface area contributed by atoms with Crippen molar-refractivity contribution in [3.8, 4) is 16.8 Å². The van der Waals surface area contributed by atoms with E-state index in [2.05, 4.69) is 16.8 Å². The SMILES string of the molecule is CCCc1nc2c(n1-c1ccc(-c3ccccc3C(=O)OC(C)(C)C)cc1)C(C)(C(=O)OCC)NCC2.O=C(O)C(=O)O. The number of hydrogen-bond donors (Lipinski definition) is 3. The Balaban J connectivity index is 0.000000765. The van der Waals surface area contributed by atoms with E-state index in [1.165, 1.54) is 0 Å². The number of benzene rings is 2. The molecule has 0 saturated carbocycles. The van der Waals surface area contributed by atoms with Gasteiger partial charge in [0.05, 0.1) is 23.6 Å². The van der Waals surface area contributed by atoms with Crippen LogP contribution in [0.2, 0.25) is 0 Å². The summed E-state index contributed by atoms with van der Waals surface area (Å²) in [6.07, 6.45) is 2.46. The lowest BCUT2D eigenvalue weighted by Gasteiger charge is -2.34. The highest BCUT2D eigenvalue weighted by Gasteiger charge is 2.45. The van der Waals surface area contributed by atoms with E-state index in [-0.39, 0.29) is 11.9 Å². The Morgan fingerprint density at radius 2 is 1.63 bits per heavy atom. The standard InChI is InChI=1S/C30H37N3O4.C2H2O4/c1-7-11-25-32-24-18-19-31-30(6,28(35)36-8-2)26(24)33(25)21-16-14-20(15-17-21)22-12-9-10-13-23(22)27(34)37-29(3,4)5;3-1(4)2(5)6/h9-10,12-17,31H,7-8,11,18-19H2,1-6H3;(H,3,4)(H,5,6). The Morgan fingerprint density at radius 3 is 2.19 bits per heavy atom. The monoisotopic (exact) mass is 593 g/mol. The zero-order valence-electron chi connectivity index (χ0n) is 25.4. The summed E-state index contributed by atoms with van der Waals surface area (Å²) in [7, 11) is 0. The number of carbonyl (C=O) groups is 4. The number of nitrogens with one attached hydrogen (secondary N) is 1. The summed E-state index contributed by atoms with van der Waals surface area (Å²) in [4.78, 5) is 49.2. The second-order valence-corrected chi connectivity index (χ2v) is 11.1. The van der Waals surface area contributed by atoms with Gasteiger partial charge in [-0.2, -0.15) is 0 Å². The number of hydrogen-bond acceptors (Lipinski definition) is 8. The van der Waals surface area contributed by atoms with Gasteiger partial charge in [0.25, 0.3) is 0 Å². The van der Waals surface area contributed by atoms with Crippen molar-refractivity contribution in [2.24, 2.45) is 0 Å². The van der Waals surface area contributed by atoms with Gasteiger partial charge in [-0.15, -0.1) is 0 Å². The number of carboxylic acid groups (broad SMARTS) is 2. The van der Waals surface area contributed by atoms with Crippen LogP contribution in [0.25, 0.3) is 16.8 Å². The molecule has 1 atom stereocenters. The fourth-order valence-corrected chi connectivity index (χ4v) is 4.87. The number of nitrogens with zero attached hydrogens (tertiary/aromatic N) is 2. The minimum atomic E-state index is -1.82. The van der Waals surface area contributed by atoms with Gasteiger partial charge >= 0.3 is 23.9 Å². The van der Waals surface area contributed by atoms with E-state index in [1.54, 1.807) is 6.07 Å². The zero-order chi connectivity index (χ0) is 31.9. The second-order valence-electron chi connectivity index (χ2n) is 11.1. The molecule has 1 aromatic heterocycles. The Bertz CT molecular complexity index is 1480. The van der Waals surface area contributed by atoms with Crippen LogP contribution >= 0.6 is 0 Å². The van der Waals surface area contributed by atoms with Crippen molar-refractivity contribution in [2.75, 3.05) is 13.2 Å². The summed E-state index contributed by atoms with van der Waals surface area (Å²) >= 11 is 0. The van der Waals surface area contributed by atoms with Gasteiger partial charge in [-0.3, -0.25) is 9.88 Å². The first-order valence-corrected chi connectivity index (χ1v) is 14.2. The largest absolute Gasteiger partial charge is 0.473 e. The minimum absolute atomic E-state index is 0.303. The molecule has 0 saturated heterocycles. The molecule has 2 aromatic carbocycles. The van der Waals surface area contributed by atoms with Crippen LogP contribution in [0, 0.1) is 0 Å². The van der Waals surface area contributed by atoms with Gasteiger partial charge in [0.2, 0.25) is 0 Å². The van der Waals surface area contributed by atoms with E-state index >= 15 is 0 Å². The van der Waals surface area contributed by atoms with Crippen molar-refractivity contribution < 1.29 is 38.9 Å². The van der Waals surface area contributed by atoms with Crippen molar-refractivity contribution >= 4 is 23.9 Å². The second kappa shape index (κ2) is 13.6. The summed E-state index contributed by atoms with van der Waals surface area (Å²) in [6, 6.07) is 15.5. The van der Waals surface area contributed by atoms with Gasteiger partial charge in [-0.05, 0) is 70.4 Å².